The van der Waals surface area contributed by atoms with Crippen molar-refractivity contribution in [1.29, 1.82) is 0 Å². The van der Waals surface area contributed by atoms with Gasteiger partial charge in [-0.05, 0) is 30.7 Å². The van der Waals surface area contributed by atoms with Crippen LogP contribution in [0.25, 0.3) is 10.9 Å². The smallest absolute Gasteiger partial charge is 0.236 e. The molecule has 0 saturated carbocycles. The van der Waals surface area contributed by atoms with E-state index in [1.165, 1.54) is 0 Å². The van der Waals surface area contributed by atoms with E-state index in [1.54, 1.807) is 11.1 Å². The highest BCUT2D eigenvalue weighted by molar-refractivity contribution is 5.79. The van der Waals surface area contributed by atoms with Crippen molar-refractivity contribution in [3.05, 3.63) is 42.1 Å². The van der Waals surface area contributed by atoms with Crippen molar-refractivity contribution < 1.29 is 4.79 Å². The molecule has 0 aliphatic heterocycles. The molecular weight excluding hydrogens is 238 g/mol. The molecule has 1 heterocycles. The number of rotatable bonds is 5. The van der Waals surface area contributed by atoms with Gasteiger partial charge in [0.25, 0.3) is 0 Å². The second kappa shape index (κ2) is 6.29. The van der Waals surface area contributed by atoms with Crippen molar-refractivity contribution in [2.24, 2.45) is 0 Å². The Morgan fingerprint density at radius 2 is 2.21 bits per heavy atom. The van der Waals surface area contributed by atoms with Crippen molar-refractivity contribution in [3.63, 3.8) is 0 Å². The molecule has 1 aromatic heterocycles. The van der Waals surface area contributed by atoms with Gasteiger partial charge in [-0.2, -0.15) is 0 Å². The van der Waals surface area contributed by atoms with Crippen LogP contribution >= 0.6 is 0 Å². The molecule has 0 bridgehead atoms. The van der Waals surface area contributed by atoms with Crippen LogP contribution < -0.4 is 5.32 Å². The van der Waals surface area contributed by atoms with Gasteiger partial charge in [0.1, 0.15) is 0 Å². The minimum atomic E-state index is 0.116. The maximum Gasteiger partial charge on any atom is 0.236 e. The zero-order valence-electron chi connectivity index (χ0n) is 11.4. The Kier molecular flexibility index (Phi) is 4.47. The third kappa shape index (κ3) is 3.51. The summed E-state index contributed by atoms with van der Waals surface area (Å²) in [5.74, 6) is 0.116. The SMILES string of the molecule is CCN(C)C(=O)CNCc1ccc2ncccc2c1. The van der Waals surface area contributed by atoms with E-state index in [4.69, 9.17) is 0 Å². The second-order valence-corrected chi connectivity index (χ2v) is 4.54. The lowest BCUT2D eigenvalue weighted by Gasteiger charge is -2.14. The molecule has 2 rings (SSSR count). The van der Waals surface area contributed by atoms with Gasteiger partial charge in [-0.1, -0.05) is 12.1 Å². The molecule has 0 aliphatic rings. The summed E-state index contributed by atoms with van der Waals surface area (Å²) in [5.41, 5.74) is 2.15. The highest BCUT2D eigenvalue weighted by atomic mass is 16.2. The number of hydrogen-bond acceptors (Lipinski definition) is 3. The van der Waals surface area contributed by atoms with E-state index in [9.17, 15) is 4.79 Å². The fraction of sp³-hybridized carbons (Fsp3) is 0.333. The molecule has 1 aromatic carbocycles. The van der Waals surface area contributed by atoms with Gasteiger partial charge in [-0.3, -0.25) is 9.78 Å². The number of nitrogens with zero attached hydrogens (tertiary/aromatic N) is 2. The lowest BCUT2D eigenvalue weighted by atomic mass is 10.1. The van der Waals surface area contributed by atoms with Crippen LogP contribution in [0.5, 0.6) is 0 Å². The predicted molar refractivity (Wildman–Crippen MR) is 76.8 cm³/mol. The van der Waals surface area contributed by atoms with Gasteiger partial charge in [-0.15, -0.1) is 0 Å². The largest absolute Gasteiger partial charge is 0.345 e. The summed E-state index contributed by atoms with van der Waals surface area (Å²) in [6, 6.07) is 10.1. The summed E-state index contributed by atoms with van der Waals surface area (Å²) in [4.78, 5) is 17.6. The Hall–Kier alpha value is -1.94. The average molecular weight is 257 g/mol. The molecule has 100 valence electrons. The summed E-state index contributed by atoms with van der Waals surface area (Å²) in [6.07, 6.45) is 1.79. The van der Waals surface area contributed by atoms with Crippen molar-refractivity contribution in [2.45, 2.75) is 13.5 Å². The first-order valence-corrected chi connectivity index (χ1v) is 6.49. The average Bonchev–Trinajstić information content (AvgIpc) is 2.46. The number of hydrogen-bond donors (Lipinski definition) is 1. The number of carbonyl (C=O) groups excluding carboxylic acids is 1. The Morgan fingerprint density at radius 3 is 3.00 bits per heavy atom. The van der Waals surface area contributed by atoms with E-state index in [2.05, 4.69) is 16.4 Å². The van der Waals surface area contributed by atoms with Crippen LogP contribution in [0.4, 0.5) is 0 Å². The van der Waals surface area contributed by atoms with E-state index < -0.39 is 0 Å². The Bertz CT molecular complexity index is 568. The molecule has 0 atom stereocenters. The van der Waals surface area contributed by atoms with Crippen LogP contribution in [0.3, 0.4) is 0 Å². The number of amides is 1. The lowest BCUT2D eigenvalue weighted by Crippen LogP contribution is -2.35. The lowest BCUT2D eigenvalue weighted by molar-refractivity contribution is -0.128. The maximum atomic E-state index is 11.6. The highest BCUT2D eigenvalue weighted by Gasteiger charge is 2.05. The Morgan fingerprint density at radius 1 is 1.37 bits per heavy atom. The van der Waals surface area contributed by atoms with Crippen LogP contribution in [0.2, 0.25) is 0 Å². The van der Waals surface area contributed by atoms with Crippen LogP contribution in [0.1, 0.15) is 12.5 Å². The standard InChI is InChI=1S/C15H19N3O/c1-3-18(2)15(19)11-16-10-12-6-7-14-13(9-12)5-4-8-17-14/h4-9,16H,3,10-11H2,1-2H3. The molecule has 0 fully saturated rings. The Labute approximate surface area is 113 Å². The summed E-state index contributed by atoms with van der Waals surface area (Å²) in [6.45, 7) is 3.76. The topological polar surface area (TPSA) is 45.2 Å². The zero-order chi connectivity index (χ0) is 13.7. The number of aromatic nitrogens is 1. The van der Waals surface area contributed by atoms with Gasteiger partial charge in [0, 0.05) is 31.7 Å². The third-order valence-electron chi connectivity index (χ3n) is 3.17. The van der Waals surface area contributed by atoms with E-state index in [-0.39, 0.29) is 5.91 Å². The van der Waals surface area contributed by atoms with Crippen LogP contribution in [0.15, 0.2) is 36.5 Å². The van der Waals surface area contributed by atoms with E-state index in [0.717, 1.165) is 23.0 Å². The van der Waals surface area contributed by atoms with E-state index in [1.807, 2.05) is 38.2 Å². The number of likely N-dealkylation sites (N-methyl/N-ethyl adjacent to an activating group) is 1. The number of benzene rings is 1. The molecule has 0 spiro atoms. The fourth-order valence-electron chi connectivity index (χ4n) is 1.86. The molecule has 2 aromatic rings. The molecule has 19 heavy (non-hydrogen) atoms. The summed E-state index contributed by atoms with van der Waals surface area (Å²) >= 11 is 0. The molecule has 0 radical (unpaired) electrons. The normalized spacial score (nSPS) is 10.6. The quantitative estimate of drug-likeness (QED) is 0.888. The fourth-order valence-corrected chi connectivity index (χ4v) is 1.86. The minimum absolute atomic E-state index is 0.116. The zero-order valence-corrected chi connectivity index (χ0v) is 11.4. The van der Waals surface area contributed by atoms with Crippen LogP contribution in [0, 0.1) is 0 Å². The molecule has 1 N–H and O–H groups in total. The number of fused-ring (bicyclic) bond motifs is 1. The van der Waals surface area contributed by atoms with Gasteiger partial charge in [0.2, 0.25) is 5.91 Å². The predicted octanol–water partition coefficient (Wildman–Crippen LogP) is 1.80. The van der Waals surface area contributed by atoms with E-state index in [0.29, 0.717) is 13.1 Å². The minimum Gasteiger partial charge on any atom is -0.345 e. The summed E-state index contributed by atoms with van der Waals surface area (Å²) in [7, 11) is 1.81. The van der Waals surface area contributed by atoms with Crippen molar-refractivity contribution in [1.82, 2.24) is 15.2 Å². The van der Waals surface area contributed by atoms with E-state index >= 15 is 0 Å². The first kappa shape index (κ1) is 13.5. The molecule has 0 saturated heterocycles. The van der Waals surface area contributed by atoms with Gasteiger partial charge in [0.15, 0.2) is 0 Å². The van der Waals surface area contributed by atoms with Gasteiger partial charge >= 0.3 is 0 Å². The summed E-state index contributed by atoms with van der Waals surface area (Å²) in [5, 5.41) is 4.29. The van der Waals surface area contributed by atoms with Crippen LogP contribution in [-0.4, -0.2) is 35.9 Å². The number of nitrogens with one attached hydrogen (secondary N) is 1. The van der Waals surface area contributed by atoms with Gasteiger partial charge < -0.3 is 10.2 Å². The van der Waals surface area contributed by atoms with Crippen molar-refractivity contribution >= 4 is 16.8 Å². The molecular formula is C15H19N3O. The molecule has 0 unspecified atom stereocenters. The van der Waals surface area contributed by atoms with Crippen molar-refractivity contribution in [3.8, 4) is 0 Å². The molecule has 4 heteroatoms. The maximum absolute atomic E-state index is 11.6. The monoisotopic (exact) mass is 257 g/mol. The number of pyridine rings is 1. The van der Waals surface area contributed by atoms with Crippen molar-refractivity contribution in [2.75, 3.05) is 20.1 Å². The highest BCUT2D eigenvalue weighted by Crippen LogP contribution is 2.12. The molecule has 0 aliphatic carbocycles. The van der Waals surface area contributed by atoms with Gasteiger partial charge in [0.05, 0.1) is 12.1 Å². The molecule has 4 nitrogen and oxygen atoms in total. The first-order chi connectivity index (χ1) is 9.20. The summed E-state index contributed by atoms with van der Waals surface area (Å²) < 4.78 is 0. The second-order valence-electron chi connectivity index (χ2n) is 4.54. The van der Waals surface area contributed by atoms with Crippen LogP contribution in [-0.2, 0) is 11.3 Å². The Balaban J connectivity index is 1.93. The molecule has 1 amide bonds. The van der Waals surface area contributed by atoms with Gasteiger partial charge in [-0.25, -0.2) is 0 Å². The first-order valence-electron chi connectivity index (χ1n) is 6.49. The third-order valence-corrected chi connectivity index (χ3v) is 3.17. The number of carbonyl (C=O) groups is 1.